The zero-order chi connectivity index (χ0) is 15.1. The topological polar surface area (TPSA) is 86.5 Å². The van der Waals surface area contributed by atoms with Crippen molar-refractivity contribution in [3.05, 3.63) is 34.3 Å². The van der Waals surface area contributed by atoms with Gasteiger partial charge in [0.2, 0.25) is 0 Å². The van der Waals surface area contributed by atoms with Crippen molar-refractivity contribution in [2.45, 2.75) is 23.6 Å². The molecule has 5 nitrogen and oxygen atoms in total. The highest BCUT2D eigenvalue weighted by Crippen LogP contribution is 2.54. The largest absolute Gasteiger partial charge is 0.465 e. The summed E-state index contributed by atoms with van der Waals surface area (Å²) in [6.45, 7) is 1.83. The third-order valence-corrected chi connectivity index (χ3v) is 5.61. The minimum atomic E-state index is -3.45. The number of hydrogen-bond acceptors (Lipinski definition) is 5. The van der Waals surface area contributed by atoms with Gasteiger partial charge in [-0.15, -0.1) is 0 Å². The van der Waals surface area contributed by atoms with Crippen molar-refractivity contribution in [1.82, 2.24) is 0 Å². The van der Waals surface area contributed by atoms with Crippen molar-refractivity contribution in [3.8, 4) is 0 Å². The number of ether oxygens (including phenoxy) is 1. The lowest BCUT2D eigenvalue weighted by molar-refractivity contribution is -0.145. The summed E-state index contributed by atoms with van der Waals surface area (Å²) in [5.41, 5.74) is 5.29. The van der Waals surface area contributed by atoms with Crippen LogP contribution >= 0.6 is 15.9 Å². The molecule has 1 aliphatic carbocycles. The Hall–Kier alpha value is -0.920. The minimum absolute atomic E-state index is 0.168. The van der Waals surface area contributed by atoms with Gasteiger partial charge in [0.05, 0.1) is 11.9 Å². The maximum Gasteiger partial charge on any atom is 0.328 e. The first-order chi connectivity index (χ1) is 9.22. The Morgan fingerprint density at radius 3 is 2.40 bits per heavy atom. The summed E-state index contributed by atoms with van der Waals surface area (Å²) in [6.07, 6.45) is 1.09. The Balaban J connectivity index is 2.41. The van der Waals surface area contributed by atoms with Crippen LogP contribution < -0.4 is 5.73 Å². The number of nitrogens with two attached hydrogens (primary N) is 1. The first kappa shape index (κ1) is 15.5. The van der Waals surface area contributed by atoms with Crippen LogP contribution in [0.15, 0.2) is 28.7 Å². The van der Waals surface area contributed by atoms with Gasteiger partial charge in [0.15, 0.2) is 9.84 Å². The molecular weight excluding hydrogens is 346 g/mol. The summed E-state index contributed by atoms with van der Waals surface area (Å²) < 4.78 is 29.5. The number of carbonyl (C=O) groups excluding carboxylic acids is 1. The van der Waals surface area contributed by atoms with E-state index in [2.05, 4.69) is 15.9 Å². The summed E-state index contributed by atoms with van der Waals surface area (Å²) in [7, 11) is -3.45. The fourth-order valence-corrected chi connectivity index (χ4v) is 4.61. The molecule has 0 radical (unpaired) electrons. The number of sulfone groups is 1. The molecule has 0 amide bonds. The maximum absolute atomic E-state index is 12.0. The molecule has 0 aliphatic heterocycles. The Morgan fingerprint density at radius 1 is 1.40 bits per heavy atom. The van der Waals surface area contributed by atoms with Crippen LogP contribution in [-0.4, -0.2) is 38.0 Å². The Bertz CT molecular complexity index is 628. The highest BCUT2D eigenvalue weighted by Gasteiger charge is 2.73. The van der Waals surface area contributed by atoms with Crippen LogP contribution in [0.2, 0.25) is 0 Å². The van der Waals surface area contributed by atoms with Gasteiger partial charge in [-0.3, -0.25) is 0 Å². The van der Waals surface area contributed by atoms with Crippen LogP contribution in [0.3, 0.4) is 0 Å². The highest BCUT2D eigenvalue weighted by atomic mass is 79.9. The quantitative estimate of drug-likeness (QED) is 0.814. The van der Waals surface area contributed by atoms with Crippen molar-refractivity contribution >= 4 is 31.7 Å². The van der Waals surface area contributed by atoms with Gasteiger partial charge >= 0.3 is 5.97 Å². The smallest absolute Gasteiger partial charge is 0.328 e. The lowest BCUT2D eigenvalue weighted by Crippen LogP contribution is -2.41. The number of halogens is 1. The summed E-state index contributed by atoms with van der Waals surface area (Å²) >= 11 is 3.31. The van der Waals surface area contributed by atoms with Crippen LogP contribution in [0.1, 0.15) is 18.4 Å². The molecule has 110 valence electrons. The van der Waals surface area contributed by atoms with Gasteiger partial charge in [0.1, 0.15) is 5.54 Å². The fraction of sp³-hybridized carbons (Fsp3) is 0.462. The van der Waals surface area contributed by atoms with Crippen molar-refractivity contribution in [2.24, 2.45) is 5.73 Å². The molecule has 1 aliphatic rings. The first-order valence-corrected chi connectivity index (χ1v) is 8.88. The van der Waals surface area contributed by atoms with E-state index >= 15 is 0 Å². The number of carbonyl (C=O) groups is 1. The molecule has 0 spiro atoms. The molecule has 3 atom stereocenters. The highest BCUT2D eigenvalue weighted by molar-refractivity contribution is 9.10. The second-order valence-corrected chi connectivity index (χ2v) is 8.02. The fourth-order valence-electron chi connectivity index (χ4n) is 2.60. The summed E-state index contributed by atoms with van der Waals surface area (Å²) in [6, 6.07) is 7.11. The van der Waals surface area contributed by atoms with E-state index in [1.165, 1.54) is 0 Å². The SMILES string of the molecule is CCOC(=O)[C@@]1(N)[C@H](c2ccc(Br)cc2)[C@@H]1S(C)(=O)=O. The second-order valence-electron chi connectivity index (χ2n) is 4.93. The van der Waals surface area contributed by atoms with E-state index in [1.54, 1.807) is 31.2 Å². The molecule has 2 N–H and O–H groups in total. The van der Waals surface area contributed by atoms with Crippen LogP contribution in [0.25, 0.3) is 0 Å². The molecule has 0 heterocycles. The van der Waals surface area contributed by atoms with Gasteiger partial charge in [-0.25, -0.2) is 13.2 Å². The molecule has 1 saturated carbocycles. The van der Waals surface area contributed by atoms with Crippen molar-refractivity contribution in [2.75, 3.05) is 12.9 Å². The van der Waals surface area contributed by atoms with Crippen molar-refractivity contribution in [3.63, 3.8) is 0 Å². The molecule has 1 aromatic rings. The van der Waals surface area contributed by atoms with E-state index in [4.69, 9.17) is 10.5 Å². The van der Waals surface area contributed by atoms with Gasteiger partial charge in [-0.05, 0) is 24.6 Å². The summed E-state index contributed by atoms with van der Waals surface area (Å²) in [4.78, 5) is 12.0. The second kappa shape index (κ2) is 5.13. The number of rotatable bonds is 4. The standard InChI is InChI=1S/C13H16BrNO4S/c1-3-19-12(16)13(15)10(11(13)20(2,17)18)8-4-6-9(14)7-5-8/h4-7,10-11H,3,15H2,1-2H3/t10-,11+,13-/m1/s1. The minimum Gasteiger partial charge on any atom is -0.465 e. The molecular formula is C13H16BrNO4S. The molecule has 0 unspecified atom stereocenters. The molecule has 1 aromatic carbocycles. The average Bonchev–Trinajstić information content (AvgIpc) is 2.99. The van der Waals surface area contributed by atoms with Gasteiger partial charge in [0, 0.05) is 16.6 Å². The Labute approximate surface area is 126 Å². The zero-order valence-electron chi connectivity index (χ0n) is 11.2. The van der Waals surface area contributed by atoms with Gasteiger partial charge in [-0.2, -0.15) is 0 Å². The van der Waals surface area contributed by atoms with Gasteiger partial charge in [-0.1, -0.05) is 28.1 Å². The monoisotopic (exact) mass is 361 g/mol. The van der Waals surface area contributed by atoms with E-state index < -0.39 is 32.5 Å². The molecule has 2 rings (SSSR count). The summed E-state index contributed by atoms with van der Waals surface area (Å²) in [5.74, 6) is -1.23. The van der Waals surface area contributed by atoms with E-state index in [1.807, 2.05) is 0 Å². The normalized spacial score (nSPS) is 29.0. The number of esters is 1. The van der Waals surface area contributed by atoms with E-state index in [9.17, 15) is 13.2 Å². The molecule has 20 heavy (non-hydrogen) atoms. The lowest BCUT2D eigenvalue weighted by Gasteiger charge is -2.10. The Kier molecular flexibility index (Phi) is 3.96. The third kappa shape index (κ3) is 2.49. The molecule has 1 fully saturated rings. The first-order valence-electron chi connectivity index (χ1n) is 6.13. The van der Waals surface area contributed by atoms with Crippen LogP contribution in [0, 0.1) is 0 Å². The van der Waals surface area contributed by atoms with E-state index in [0.717, 1.165) is 16.3 Å². The number of benzene rings is 1. The lowest BCUT2D eigenvalue weighted by atomic mass is 10.1. The van der Waals surface area contributed by atoms with Crippen LogP contribution in [0.5, 0.6) is 0 Å². The zero-order valence-corrected chi connectivity index (χ0v) is 13.6. The van der Waals surface area contributed by atoms with Gasteiger partial charge in [0.25, 0.3) is 0 Å². The van der Waals surface area contributed by atoms with Crippen LogP contribution in [0.4, 0.5) is 0 Å². The molecule has 0 bridgehead atoms. The molecule has 0 aromatic heterocycles. The predicted molar refractivity (Wildman–Crippen MR) is 79.1 cm³/mol. The summed E-state index contributed by atoms with van der Waals surface area (Å²) in [5, 5.41) is -0.935. The van der Waals surface area contributed by atoms with Gasteiger partial charge < -0.3 is 10.5 Å². The van der Waals surface area contributed by atoms with Crippen molar-refractivity contribution < 1.29 is 17.9 Å². The molecule has 0 saturated heterocycles. The maximum atomic E-state index is 12.0. The van der Waals surface area contributed by atoms with E-state index in [0.29, 0.717) is 0 Å². The number of hydrogen-bond donors (Lipinski definition) is 1. The third-order valence-electron chi connectivity index (χ3n) is 3.50. The Morgan fingerprint density at radius 2 is 1.95 bits per heavy atom. The van der Waals surface area contributed by atoms with Crippen molar-refractivity contribution in [1.29, 1.82) is 0 Å². The van der Waals surface area contributed by atoms with E-state index in [-0.39, 0.29) is 6.61 Å². The predicted octanol–water partition coefficient (Wildman–Crippen LogP) is 1.22. The van der Waals surface area contributed by atoms with Crippen LogP contribution in [-0.2, 0) is 19.4 Å². The average molecular weight is 362 g/mol. The molecule has 7 heteroatoms.